The Balaban J connectivity index is 1.72. The van der Waals surface area contributed by atoms with Gasteiger partial charge in [0.25, 0.3) is 0 Å². The van der Waals surface area contributed by atoms with Crippen molar-refractivity contribution in [2.24, 2.45) is 0 Å². The zero-order valence-corrected chi connectivity index (χ0v) is 11.2. The summed E-state index contributed by atoms with van der Waals surface area (Å²) in [7, 11) is 0. The average molecular weight is 279 g/mol. The SMILES string of the molecule is O=Cc1ccccc1OCc1ncc(-c2ccccc2)o1. The Morgan fingerprint density at radius 1 is 1.05 bits per heavy atom. The summed E-state index contributed by atoms with van der Waals surface area (Å²) < 4.78 is 11.2. The molecule has 0 bridgehead atoms. The van der Waals surface area contributed by atoms with Gasteiger partial charge in [-0.1, -0.05) is 42.5 Å². The molecular weight excluding hydrogens is 266 g/mol. The van der Waals surface area contributed by atoms with Gasteiger partial charge in [0.1, 0.15) is 5.75 Å². The third-order valence-electron chi connectivity index (χ3n) is 3.01. The Hall–Kier alpha value is -2.88. The van der Waals surface area contributed by atoms with E-state index >= 15 is 0 Å². The summed E-state index contributed by atoms with van der Waals surface area (Å²) in [6.45, 7) is 0.178. The van der Waals surface area contributed by atoms with Crippen LogP contribution in [0.5, 0.6) is 5.75 Å². The van der Waals surface area contributed by atoms with Gasteiger partial charge in [0.05, 0.1) is 11.8 Å². The lowest BCUT2D eigenvalue weighted by atomic mass is 10.2. The van der Waals surface area contributed by atoms with E-state index in [9.17, 15) is 4.79 Å². The first kappa shape index (κ1) is 13.1. The van der Waals surface area contributed by atoms with E-state index < -0.39 is 0 Å². The maximum absolute atomic E-state index is 10.9. The van der Waals surface area contributed by atoms with Crippen LogP contribution in [-0.2, 0) is 6.61 Å². The lowest BCUT2D eigenvalue weighted by Crippen LogP contribution is -1.98. The van der Waals surface area contributed by atoms with Crippen LogP contribution in [0.1, 0.15) is 16.2 Å². The van der Waals surface area contributed by atoms with E-state index in [-0.39, 0.29) is 6.61 Å². The van der Waals surface area contributed by atoms with Crippen molar-refractivity contribution in [2.75, 3.05) is 0 Å². The van der Waals surface area contributed by atoms with Crippen molar-refractivity contribution >= 4 is 6.29 Å². The molecule has 0 spiro atoms. The van der Waals surface area contributed by atoms with Gasteiger partial charge in [-0.15, -0.1) is 0 Å². The quantitative estimate of drug-likeness (QED) is 0.668. The van der Waals surface area contributed by atoms with Crippen LogP contribution in [0, 0.1) is 0 Å². The zero-order chi connectivity index (χ0) is 14.5. The summed E-state index contributed by atoms with van der Waals surface area (Å²) in [5, 5.41) is 0. The van der Waals surface area contributed by atoms with Crippen molar-refractivity contribution in [1.29, 1.82) is 0 Å². The molecule has 0 fully saturated rings. The summed E-state index contributed by atoms with van der Waals surface area (Å²) in [6, 6.07) is 16.8. The number of oxazole rings is 1. The normalized spacial score (nSPS) is 10.3. The second-order valence-corrected chi connectivity index (χ2v) is 4.43. The molecule has 0 saturated carbocycles. The highest BCUT2D eigenvalue weighted by Crippen LogP contribution is 2.21. The molecule has 1 aromatic heterocycles. The number of rotatable bonds is 5. The molecule has 4 heteroatoms. The van der Waals surface area contributed by atoms with E-state index in [1.165, 1.54) is 0 Å². The molecule has 0 saturated heterocycles. The van der Waals surface area contributed by atoms with E-state index in [0.717, 1.165) is 11.8 Å². The van der Waals surface area contributed by atoms with Gasteiger partial charge in [0, 0.05) is 5.56 Å². The fourth-order valence-electron chi connectivity index (χ4n) is 1.96. The first-order valence-corrected chi connectivity index (χ1v) is 6.54. The molecule has 0 unspecified atom stereocenters. The minimum absolute atomic E-state index is 0.178. The predicted molar refractivity (Wildman–Crippen MR) is 78.1 cm³/mol. The molecule has 2 aromatic carbocycles. The van der Waals surface area contributed by atoms with Crippen molar-refractivity contribution in [3.8, 4) is 17.1 Å². The highest BCUT2D eigenvalue weighted by Gasteiger charge is 2.08. The van der Waals surface area contributed by atoms with Crippen LogP contribution in [0.15, 0.2) is 65.2 Å². The van der Waals surface area contributed by atoms with E-state index in [4.69, 9.17) is 9.15 Å². The number of nitrogens with zero attached hydrogens (tertiary/aromatic N) is 1. The summed E-state index contributed by atoms with van der Waals surface area (Å²) >= 11 is 0. The molecule has 4 nitrogen and oxygen atoms in total. The molecule has 21 heavy (non-hydrogen) atoms. The average Bonchev–Trinajstić information content (AvgIpc) is 3.03. The number of carbonyl (C=O) groups excluding carboxylic acids is 1. The molecule has 104 valence electrons. The maximum atomic E-state index is 10.9. The lowest BCUT2D eigenvalue weighted by molar-refractivity contribution is 0.111. The van der Waals surface area contributed by atoms with Crippen molar-refractivity contribution in [3.05, 3.63) is 72.2 Å². The number of ether oxygens (including phenoxy) is 1. The number of carbonyl (C=O) groups is 1. The van der Waals surface area contributed by atoms with Gasteiger partial charge in [-0.3, -0.25) is 4.79 Å². The monoisotopic (exact) mass is 279 g/mol. The number of hydrogen-bond acceptors (Lipinski definition) is 4. The largest absolute Gasteiger partial charge is 0.483 e. The van der Waals surface area contributed by atoms with Gasteiger partial charge < -0.3 is 9.15 Å². The van der Waals surface area contributed by atoms with Crippen LogP contribution in [0.2, 0.25) is 0 Å². The number of hydrogen-bond donors (Lipinski definition) is 0. The van der Waals surface area contributed by atoms with Gasteiger partial charge >= 0.3 is 0 Å². The topological polar surface area (TPSA) is 52.3 Å². The highest BCUT2D eigenvalue weighted by atomic mass is 16.5. The molecule has 0 atom stereocenters. The van der Waals surface area contributed by atoms with Gasteiger partial charge in [0.2, 0.25) is 5.89 Å². The van der Waals surface area contributed by atoms with E-state index in [0.29, 0.717) is 23.0 Å². The third kappa shape index (κ3) is 3.00. The Morgan fingerprint density at radius 2 is 1.81 bits per heavy atom. The molecule has 0 N–H and O–H groups in total. The highest BCUT2D eigenvalue weighted by molar-refractivity contribution is 5.79. The van der Waals surface area contributed by atoms with Crippen LogP contribution in [0.25, 0.3) is 11.3 Å². The molecule has 0 aliphatic rings. The fourth-order valence-corrected chi connectivity index (χ4v) is 1.96. The van der Waals surface area contributed by atoms with E-state index in [1.54, 1.807) is 24.4 Å². The maximum Gasteiger partial charge on any atom is 0.232 e. The van der Waals surface area contributed by atoms with Gasteiger partial charge in [-0.25, -0.2) is 4.98 Å². The van der Waals surface area contributed by atoms with Gasteiger partial charge in [-0.05, 0) is 12.1 Å². The standard InChI is InChI=1S/C17H13NO3/c19-11-14-8-4-5-9-15(14)20-12-17-18-10-16(21-17)13-6-2-1-3-7-13/h1-11H,12H2. The molecule has 0 amide bonds. The van der Waals surface area contributed by atoms with Crippen molar-refractivity contribution < 1.29 is 13.9 Å². The minimum atomic E-state index is 0.178. The predicted octanol–water partition coefficient (Wildman–Crippen LogP) is 3.73. The molecular formula is C17H13NO3. The Kier molecular flexibility index (Phi) is 3.78. The Bertz CT molecular complexity index is 735. The van der Waals surface area contributed by atoms with E-state index in [2.05, 4.69) is 4.98 Å². The summed E-state index contributed by atoms with van der Waals surface area (Å²) in [4.78, 5) is 15.1. The molecule has 0 aliphatic heterocycles. The second kappa shape index (κ2) is 6.05. The fraction of sp³-hybridized carbons (Fsp3) is 0.0588. The summed E-state index contributed by atoms with van der Waals surface area (Å²) in [5.41, 5.74) is 1.47. The van der Waals surface area contributed by atoms with Crippen LogP contribution < -0.4 is 4.74 Å². The Morgan fingerprint density at radius 3 is 2.62 bits per heavy atom. The molecule has 3 aromatic rings. The first-order chi connectivity index (χ1) is 10.4. The number of aldehydes is 1. The molecule has 0 radical (unpaired) electrons. The van der Waals surface area contributed by atoms with Crippen LogP contribution in [-0.4, -0.2) is 11.3 Å². The number of benzene rings is 2. The van der Waals surface area contributed by atoms with Crippen LogP contribution >= 0.6 is 0 Å². The third-order valence-corrected chi connectivity index (χ3v) is 3.01. The van der Waals surface area contributed by atoms with Crippen molar-refractivity contribution in [1.82, 2.24) is 4.98 Å². The van der Waals surface area contributed by atoms with Crippen LogP contribution in [0.3, 0.4) is 0 Å². The molecule has 1 heterocycles. The smallest absolute Gasteiger partial charge is 0.232 e. The molecule has 3 rings (SSSR count). The molecule has 0 aliphatic carbocycles. The van der Waals surface area contributed by atoms with Crippen molar-refractivity contribution in [3.63, 3.8) is 0 Å². The van der Waals surface area contributed by atoms with Crippen molar-refractivity contribution in [2.45, 2.75) is 6.61 Å². The lowest BCUT2D eigenvalue weighted by Gasteiger charge is -2.05. The minimum Gasteiger partial charge on any atom is -0.483 e. The van der Waals surface area contributed by atoms with Gasteiger partial charge in [-0.2, -0.15) is 0 Å². The van der Waals surface area contributed by atoms with Crippen LogP contribution in [0.4, 0.5) is 0 Å². The zero-order valence-electron chi connectivity index (χ0n) is 11.2. The number of aromatic nitrogens is 1. The van der Waals surface area contributed by atoms with E-state index in [1.807, 2.05) is 36.4 Å². The van der Waals surface area contributed by atoms with Gasteiger partial charge in [0.15, 0.2) is 18.7 Å². The summed E-state index contributed by atoms with van der Waals surface area (Å²) in [5.74, 6) is 1.68. The first-order valence-electron chi connectivity index (χ1n) is 6.54. The number of para-hydroxylation sites is 1. The Labute approximate surface area is 122 Å². The summed E-state index contributed by atoms with van der Waals surface area (Å²) in [6.07, 6.45) is 2.43. The second-order valence-electron chi connectivity index (χ2n) is 4.43.